The molecular weight excluding hydrogens is 332 g/mol. The highest BCUT2D eigenvalue weighted by Gasteiger charge is 2.28. The van der Waals surface area contributed by atoms with Crippen LogP contribution in [0.3, 0.4) is 0 Å². The summed E-state index contributed by atoms with van der Waals surface area (Å²) in [6.07, 6.45) is 4.45. The van der Waals surface area contributed by atoms with Crippen LogP contribution in [-0.4, -0.2) is 22.7 Å². The maximum atomic E-state index is 2.23. The summed E-state index contributed by atoms with van der Waals surface area (Å²) < 4.78 is 4.37. The van der Waals surface area contributed by atoms with Crippen LogP contribution in [0.5, 0.6) is 0 Å². The van der Waals surface area contributed by atoms with Crippen LogP contribution < -0.4 is 0 Å². The van der Waals surface area contributed by atoms with Crippen molar-refractivity contribution in [2.45, 2.75) is 0 Å². The Morgan fingerprint density at radius 3 is 1.33 bits per heavy atom. The normalized spacial score (nSPS) is 20.4. The molecule has 0 fully saturated rings. The van der Waals surface area contributed by atoms with Gasteiger partial charge in [0, 0.05) is 37.6 Å². The lowest BCUT2D eigenvalue weighted by Gasteiger charge is -2.12. The summed E-state index contributed by atoms with van der Waals surface area (Å²) >= 11 is 3.60. The van der Waals surface area contributed by atoms with E-state index in [0.29, 0.717) is 0 Å². The molecule has 2 aromatic carbocycles. The quantitative estimate of drug-likeness (QED) is 0.663. The first-order valence-electron chi connectivity index (χ1n) is 7.83. The highest BCUT2D eigenvalue weighted by Crippen LogP contribution is 2.51. The SMILES string of the molecule is CN1C=C(c2ccccc2)/C(=C2\SN(C)C=C2c2ccccc2)S1. The lowest BCUT2D eigenvalue weighted by Crippen LogP contribution is -1.93. The fraction of sp³-hybridized carbons (Fsp3) is 0.100. The number of benzene rings is 2. The van der Waals surface area contributed by atoms with Crippen molar-refractivity contribution in [1.29, 1.82) is 0 Å². The van der Waals surface area contributed by atoms with Gasteiger partial charge in [0.05, 0.1) is 9.81 Å². The molecule has 0 unspecified atom stereocenters. The Balaban J connectivity index is 1.83. The van der Waals surface area contributed by atoms with Gasteiger partial charge >= 0.3 is 0 Å². The maximum absolute atomic E-state index is 2.23. The predicted molar refractivity (Wildman–Crippen MR) is 107 cm³/mol. The molecule has 2 aliphatic rings. The molecule has 0 bridgehead atoms. The smallest absolute Gasteiger partial charge is 0.0540 e. The Morgan fingerprint density at radius 1 is 0.583 bits per heavy atom. The molecule has 24 heavy (non-hydrogen) atoms. The lowest BCUT2D eigenvalue weighted by molar-refractivity contribution is 0.790. The molecule has 2 nitrogen and oxygen atoms in total. The van der Waals surface area contributed by atoms with Crippen molar-refractivity contribution >= 4 is 35.0 Å². The summed E-state index contributed by atoms with van der Waals surface area (Å²) in [6, 6.07) is 21.3. The van der Waals surface area contributed by atoms with E-state index in [0.717, 1.165) is 0 Å². The zero-order chi connectivity index (χ0) is 16.5. The highest BCUT2D eigenvalue weighted by molar-refractivity contribution is 8.05. The standard InChI is InChI=1S/C20H18N2S2/c1-21-13-17(15-9-5-3-6-10-15)19(23-21)20-18(14-22(2)24-20)16-11-7-4-8-12-16/h3-14H,1-2H3/b20-19+. The molecule has 0 aliphatic carbocycles. The van der Waals surface area contributed by atoms with Crippen molar-refractivity contribution in [2.24, 2.45) is 0 Å². The minimum atomic E-state index is 1.26. The molecule has 0 saturated heterocycles. The fourth-order valence-corrected chi connectivity index (χ4v) is 4.93. The van der Waals surface area contributed by atoms with Gasteiger partial charge in [-0.3, -0.25) is 0 Å². The number of allylic oxidation sites excluding steroid dienone is 2. The third kappa shape index (κ3) is 2.87. The Morgan fingerprint density at radius 2 is 0.958 bits per heavy atom. The molecule has 2 aliphatic heterocycles. The van der Waals surface area contributed by atoms with Crippen LogP contribution >= 0.6 is 23.9 Å². The van der Waals surface area contributed by atoms with Gasteiger partial charge in [0.1, 0.15) is 0 Å². The van der Waals surface area contributed by atoms with Crippen molar-refractivity contribution in [3.8, 4) is 0 Å². The number of rotatable bonds is 2. The third-order valence-electron chi connectivity index (χ3n) is 3.96. The van der Waals surface area contributed by atoms with Gasteiger partial charge in [-0.05, 0) is 35.0 Å². The molecule has 0 saturated carbocycles. The first kappa shape index (κ1) is 15.5. The van der Waals surface area contributed by atoms with Gasteiger partial charge in [-0.15, -0.1) is 0 Å². The van der Waals surface area contributed by atoms with Crippen LogP contribution in [0.25, 0.3) is 11.1 Å². The molecule has 0 N–H and O–H groups in total. The molecule has 4 rings (SSSR count). The van der Waals surface area contributed by atoms with Gasteiger partial charge in [0.15, 0.2) is 0 Å². The van der Waals surface area contributed by atoms with Crippen molar-refractivity contribution in [1.82, 2.24) is 8.61 Å². The first-order valence-corrected chi connectivity index (χ1v) is 9.38. The van der Waals surface area contributed by atoms with E-state index in [4.69, 9.17) is 0 Å². The number of hydrogen-bond donors (Lipinski definition) is 0. The Labute approximate surface area is 151 Å². The zero-order valence-corrected chi connectivity index (χ0v) is 15.3. The van der Waals surface area contributed by atoms with Gasteiger partial charge in [-0.2, -0.15) is 0 Å². The van der Waals surface area contributed by atoms with E-state index >= 15 is 0 Å². The summed E-state index contributed by atoms with van der Waals surface area (Å²) in [5.41, 5.74) is 5.12. The van der Waals surface area contributed by atoms with Crippen LogP contribution in [-0.2, 0) is 0 Å². The predicted octanol–water partition coefficient (Wildman–Crippen LogP) is 5.47. The zero-order valence-electron chi connectivity index (χ0n) is 13.6. The first-order chi connectivity index (χ1) is 11.7. The van der Waals surface area contributed by atoms with E-state index in [1.54, 1.807) is 23.9 Å². The number of nitrogens with zero attached hydrogens (tertiary/aromatic N) is 2. The molecule has 4 heteroatoms. The van der Waals surface area contributed by atoms with Crippen LogP contribution in [0.2, 0.25) is 0 Å². The minimum Gasteiger partial charge on any atom is -0.322 e. The highest BCUT2D eigenvalue weighted by atomic mass is 32.2. The second-order valence-electron chi connectivity index (χ2n) is 5.75. The largest absolute Gasteiger partial charge is 0.322 e. The molecule has 0 spiro atoms. The molecule has 0 amide bonds. The van der Waals surface area contributed by atoms with E-state index in [1.807, 2.05) is 0 Å². The monoisotopic (exact) mass is 350 g/mol. The van der Waals surface area contributed by atoms with Gasteiger partial charge < -0.3 is 8.61 Å². The fourth-order valence-electron chi connectivity index (χ4n) is 2.89. The van der Waals surface area contributed by atoms with E-state index in [9.17, 15) is 0 Å². The van der Waals surface area contributed by atoms with E-state index in [2.05, 4.69) is 95.8 Å². The topological polar surface area (TPSA) is 6.48 Å². The molecule has 0 aromatic heterocycles. The summed E-state index contributed by atoms with van der Waals surface area (Å²) in [6.45, 7) is 0. The van der Waals surface area contributed by atoms with Crippen molar-refractivity contribution in [3.05, 3.63) is 94.0 Å². The van der Waals surface area contributed by atoms with E-state index in [-0.39, 0.29) is 0 Å². The summed E-state index contributed by atoms with van der Waals surface area (Å²) in [5, 5.41) is 0. The number of hydrogen-bond acceptors (Lipinski definition) is 4. The molecule has 120 valence electrons. The van der Waals surface area contributed by atoms with Crippen LogP contribution in [0, 0.1) is 0 Å². The average Bonchev–Trinajstić information content (AvgIpc) is 3.19. The summed E-state index contributed by atoms with van der Waals surface area (Å²) in [5.74, 6) is 0. The molecular formula is C20H18N2S2. The molecule has 2 aromatic rings. The third-order valence-corrected chi connectivity index (χ3v) is 6.09. The van der Waals surface area contributed by atoms with Crippen molar-refractivity contribution in [3.63, 3.8) is 0 Å². The Bertz CT molecular complexity index is 767. The van der Waals surface area contributed by atoms with Gasteiger partial charge in [0.2, 0.25) is 0 Å². The minimum absolute atomic E-state index is 1.26. The van der Waals surface area contributed by atoms with E-state index < -0.39 is 0 Å². The van der Waals surface area contributed by atoms with Crippen molar-refractivity contribution < 1.29 is 0 Å². The second-order valence-corrected chi connectivity index (χ2v) is 8.08. The summed E-state index contributed by atoms with van der Waals surface area (Å²) in [4.78, 5) is 2.65. The van der Waals surface area contributed by atoms with Crippen LogP contribution in [0.15, 0.2) is 82.9 Å². The Hall–Kier alpha value is -2.04. The van der Waals surface area contributed by atoms with E-state index in [1.165, 1.54) is 32.1 Å². The van der Waals surface area contributed by atoms with Crippen LogP contribution in [0.4, 0.5) is 0 Å². The van der Waals surface area contributed by atoms with Gasteiger partial charge in [0.25, 0.3) is 0 Å². The average molecular weight is 351 g/mol. The van der Waals surface area contributed by atoms with Crippen molar-refractivity contribution in [2.75, 3.05) is 14.1 Å². The second kappa shape index (κ2) is 6.46. The van der Waals surface area contributed by atoms with Crippen LogP contribution in [0.1, 0.15) is 11.1 Å². The summed E-state index contributed by atoms with van der Waals surface area (Å²) in [7, 11) is 4.22. The van der Waals surface area contributed by atoms with Gasteiger partial charge in [-0.25, -0.2) is 0 Å². The molecule has 2 heterocycles. The Kier molecular flexibility index (Phi) is 4.17. The lowest BCUT2D eigenvalue weighted by atomic mass is 10.0. The van der Waals surface area contributed by atoms with Gasteiger partial charge in [-0.1, -0.05) is 60.7 Å². The molecule has 0 radical (unpaired) electrons. The maximum Gasteiger partial charge on any atom is 0.0540 e. The molecule has 0 atom stereocenters.